The van der Waals surface area contributed by atoms with Crippen LogP contribution in [0.5, 0.6) is 0 Å². The quantitative estimate of drug-likeness (QED) is 0.311. The number of carbonyl (C=O) groups is 2. The number of aryl methyl sites for hydroxylation is 2. The van der Waals surface area contributed by atoms with Crippen molar-refractivity contribution in [2.24, 2.45) is 0 Å². The Morgan fingerprint density at radius 3 is 2.00 bits per heavy atom. The van der Waals surface area contributed by atoms with Crippen LogP contribution >= 0.6 is 0 Å². The first kappa shape index (κ1) is 24.8. The average Bonchev–Trinajstić information content (AvgIpc) is 3.10. The fourth-order valence-electron chi connectivity index (χ4n) is 4.36. The second kappa shape index (κ2) is 11.0. The summed E-state index contributed by atoms with van der Waals surface area (Å²) in [5.74, 6) is -0.516. The lowest BCUT2D eigenvalue weighted by molar-refractivity contribution is 0.0651. The van der Waals surface area contributed by atoms with Gasteiger partial charge in [0.05, 0.1) is 16.0 Å². The minimum atomic E-state index is -3.66. The summed E-state index contributed by atoms with van der Waals surface area (Å²) in [6, 6.07) is 23.4. The van der Waals surface area contributed by atoms with Gasteiger partial charge in [-0.2, -0.15) is 0 Å². The van der Waals surface area contributed by atoms with Crippen molar-refractivity contribution in [3.8, 4) is 0 Å². The maximum absolute atomic E-state index is 13.0. The molecule has 0 saturated carbocycles. The van der Waals surface area contributed by atoms with Gasteiger partial charge in [0.1, 0.15) is 0 Å². The van der Waals surface area contributed by atoms with Crippen LogP contribution in [0.3, 0.4) is 0 Å². The van der Waals surface area contributed by atoms with E-state index in [9.17, 15) is 18.0 Å². The molecule has 1 aliphatic rings. The zero-order valence-corrected chi connectivity index (χ0v) is 20.6. The first-order chi connectivity index (χ1) is 16.8. The fraction of sp³-hybridized carbons (Fsp3) is 0.286. The summed E-state index contributed by atoms with van der Waals surface area (Å²) in [4.78, 5) is 26.7. The van der Waals surface area contributed by atoms with E-state index in [-0.39, 0.29) is 22.8 Å². The van der Waals surface area contributed by atoms with Gasteiger partial charge in [-0.25, -0.2) is 13.1 Å². The lowest BCUT2D eigenvalue weighted by Gasteiger charge is -2.20. The SMILES string of the molecule is Cc1ccc(S(=O)(=O)NC(CCCCN2C(=O)c3ccccc3C2=O)CCc2ccccc2)cc1. The number of rotatable bonds is 11. The van der Waals surface area contributed by atoms with Crippen molar-refractivity contribution in [3.05, 3.63) is 101 Å². The van der Waals surface area contributed by atoms with E-state index >= 15 is 0 Å². The molecule has 0 fully saturated rings. The number of imide groups is 1. The Morgan fingerprint density at radius 1 is 0.771 bits per heavy atom. The Kier molecular flexibility index (Phi) is 7.78. The van der Waals surface area contributed by atoms with E-state index < -0.39 is 10.0 Å². The van der Waals surface area contributed by atoms with Crippen LogP contribution < -0.4 is 4.72 Å². The second-order valence-corrected chi connectivity index (χ2v) is 10.7. The van der Waals surface area contributed by atoms with Crippen molar-refractivity contribution in [1.29, 1.82) is 0 Å². The molecule has 182 valence electrons. The molecule has 0 radical (unpaired) electrons. The number of carbonyl (C=O) groups excluding carboxylic acids is 2. The molecule has 3 aromatic carbocycles. The highest BCUT2D eigenvalue weighted by Gasteiger charge is 2.34. The number of unbranched alkanes of at least 4 members (excludes halogenated alkanes) is 1. The number of nitrogens with one attached hydrogen (secondary N) is 1. The van der Waals surface area contributed by atoms with Gasteiger partial charge < -0.3 is 0 Å². The first-order valence-corrected chi connectivity index (χ1v) is 13.4. The first-order valence-electron chi connectivity index (χ1n) is 11.9. The van der Waals surface area contributed by atoms with Crippen LogP contribution in [0.1, 0.15) is 57.5 Å². The van der Waals surface area contributed by atoms with Gasteiger partial charge in [-0.3, -0.25) is 14.5 Å². The van der Waals surface area contributed by atoms with Crippen LogP contribution in [0, 0.1) is 6.92 Å². The molecule has 1 aliphatic heterocycles. The molecular formula is C28H30N2O4S. The van der Waals surface area contributed by atoms with Gasteiger partial charge in [-0.15, -0.1) is 0 Å². The highest BCUT2D eigenvalue weighted by atomic mass is 32.2. The van der Waals surface area contributed by atoms with Gasteiger partial charge in [-0.1, -0.05) is 66.6 Å². The van der Waals surface area contributed by atoms with Crippen LogP contribution in [0.2, 0.25) is 0 Å². The molecule has 1 unspecified atom stereocenters. The zero-order chi connectivity index (χ0) is 24.8. The predicted octanol–water partition coefficient (Wildman–Crippen LogP) is 4.74. The van der Waals surface area contributed by atoms with Gasteiger partial charge in [0.25, 0.3) is 11.8 Å². The molecule has 1 atom stereocenters. The number of nitrogens with zero attached hydrogens (tertiary/aromatic N) is 1. The summed E-state index contributed by atoms with van der Waals surface area (Å²) >= 11 is 0. The molecule has 35 heavy (non-hydrogen) atoms. The predicted molar refractivity (Wildman–Crippen MR) is 136 cm³/mol. The number of sulfonamides is 1. The van der Waals surface area contributed by atoms with Crippen LogP contribution in [-0.4, -0.2) is 37.7 Å². The minimum Gasteiger partial charge on any atom is -0.274 e. The number of hydrogen-bond donors (Lipinski definition) is 1. The van der Waals surface area contributed by atoms with E-state index in [1.807, 2.05) is 37.3 Å². The Bertz CT molecular complexity index is 1250. The van der Waals surface area contributed by atoms with Gasteiger partial charge in [0.2, 0.25) is 10.0 Å². The number of amides is 2. The standard InChI is InChI=1S/C28H30N2O4S/c1-21-14-18-24(19-15-21)35(33,34)29-23(17-16-22-9-3-2-4-10-22)11-7-8-20-30-27(31)25-12-5-6-13-26(25)28(30)32/h2-6,9-10,12-15,18-19,23,29H,7-8,11,16-17,20H2,1H3. The van der Waals surface area contributed by atoms with Crippen LogP contribution in [0.4, 0.5) is 0 Å². The Hall–Kier alpha value is -3.29. The van der Waals surface area contributed by atoms with Gasteiger partial charge in [0.15, 0.2) is 0 Å². The molecular weight excluding hydrogens is 460 g/mol. The van der Waals surface area contributed by atoms with Crippen molar-refractivity contribution in [1.82, 2.24) is 9.62 Å². The third kappa shape index (κ3) is 6.05. The van der Waals surface area contributed by atoms with Crippen molar-refractivity contribution >= 4 is 21.8 Å². The Balaban J connectivity index is 1.37. The lowest BCUT2D eigenvalue weighted by atomic mass is 10.0. The van der Waals surface area contributed by atoms with E-state index in [0.717, 1.165) is 17.5 Å². The highest BCUT2D eigenvalue weighted by molar-refractivity contribution is 7.89. The molecule has 1 heterocycles. The van der Waals surface area contributed by atoms with Crippen molar-refractivity contribution in [3.63, 3.8) is 0 Å². The van der Waals surface area contributed by atoms with Gasteiger partial charge >= 0.3 is 0 Å². The number of hydrogen-bond acceptors (Lipinski definition) is 4. The Morgan fingerprint density at radius 2 is 1.37 bits per heavy atom. The van der Waals surface area contributed by atoms with E-state index in [0.29, 0.717) is 43.4 Å². The maximum atomic E-state index is 13.0. The largest absolute Gasteiger partial charge is 0.274 e. The van der Waals surface area contributed by atoms with Gasteiger partial charge in [-0.05, 0) is 62.4 Å². The fourth-order valence-corrected chi connectivity index (χ4v) is 5.66. The molecule has 6 nitrogen and oxygen atoms in total. The normalized spacial score (nSPS) is 14.3. The lowest BCUT2D eigenvalue weighted by Crippen LogP contribution is -2.35. The highest BCUT2D eigenvalue weighted by Crippen LogP contribution is 2.23. The summed E-state index contributed by atoms with van der Waals surface area (Å²) in [7, 11) is -3.66. The number of fused-ring (bicyclic) bond motifs is 1. The molecule has 0 bridgehead atoms. The van der Waals surface area contributed by atoms with E-state index in [4.69, 9.17) is 0 Å². The smallest absolute Gasteiger partial charge is 0.261 e. The van der Waals surface area contributed by atoms with Crippen molar-refractivity contribution < 1.29 is 18.0 Å². The molecule has 0 aromatic heterocycles. The van der Waals surface area contributed by atoms with Crippen molar-refractivity contribution in [2.75, 3.05) is 6.54 Å². The zero-order valence-electron chi connectivity index (χ0n) is 19.8. The molecule has 0 saturated heterocycles. The third-order valence-electron chi connectivity index (χ3n) is 6.34. The second-order valence-electron chi connectivity index (χ2n) is 8.96. The summed E-state index contributed by atoms with van der Waals surface area (Å²) in [5, 5.41) is 0. The number of benzene rings is 3. The maximum Gasteiger partial charge on any atom is 0.261 e. The van der Waals surface area contributed by atoms with E-state index in [1.54, 1.807) is 48.5 Å². The molecule has 3 aromatic rings. The van der Waals surface area contributed by atoms with Crippen LogP contribution in [0.15, 0.2) is 83.8 Å². The summed E-state index contributed by atoms with van der Waals surface area (Å²) in [6.07, 6.45) is 3.31. The third-order valence-corrected chi connectivity index (χ3v) is 7.88. The van der Waals surface area contributed by atoms with E-state index in [2.05, 4.69) is 4.72 Å². The summed E-state index contributed by atoms with van der Waals surface area (Å²) < 4.78 is 28.9. The molecule has 7 heteroatoms. The summed E-state index contributed by atoms with van der Waals surface area (Å²) in [5.41, 5.74) is 3.05. The Labute approximate surface area is 207 Å². The van der Waals surface area contributed by atoms with Crippen LogP contribution in [-0.2, 0) is 16.4 Å². The molecule has 1 N–H and O–H groups in total. The van der Waals surface area contributed by atoms with E-state index in [1.165, 1.54) is 4.90 Å². The van der Waals surface area contributed by atoms with Crippen LogP contribution in [0.25, 0.3) is 0 Å². The van der Waals surface area contributed by atoms with Crippen molar-refractivity contribution in [2.45, 2.75) is 50.0 Å². The molecule has 0 spiro atoms. The minimum absolute atomic E-state index is 0.249. The molecule has 0 aliphatic carbocycles. The molecule has 4 rings (SSSR count). The summed E-state index contributed by atoms with van der Waals surface area (Å²) in [6.45, 7) is 2.24. The molecule has 2 amide bonds. The monoisotopic (exact) mass is 490 g/mol. The topological polar surface area (TPSA) is 83.6 Å². The van der Waals surface area contributed by atoms with Gasteiger partial charge in [0, 0.05) is 12.6 Å². The average molecular weight is 491 g/mol.